The van der Waals surface area contributed by atoms with Gasteiger partial charge in [-0.1, -0.05) is 12.1 Å². The number of hydrogen-bond acceptors (Lipinski definition) is 5. The maximum Gasteiger partial charge on any atom is 0.161 e. The van der Waals surface area contributed by atoms with Gasteiger partial charge in [-0.25, -0.2) is 0 Å². The van der Waals surface area contributed by atoms with Crippen LogP contribution in [0.3, 0.4) is 0 Å². The lowest BCUT2D eigenvalue weighted by Gasteiger charge is -2.46. The average Bonchev–Trinajstić information content (AvgIpc) is 2.75. The van der Waals surface area contributed by atoms with Gasteiger partial charge in [-0.3, -0.25) is 9.80 Å². The van der Waals surface area contributed by atoms with Crippen molar-refractivity contribution >= 4 is 0 Å². The predicted octanol–water partition coefficient (Wildman–Crippen LogP) is 1.59. The van der Waals surface area contributed by atoms with Crippen molar-refractivity contribution in [2.24, 2.45) is 0 Å². The number of piperidine rings is 1. The molecule has 0 aliphatic carbocycles. The van der Waals surface area contributed by atoms with Gasteiger partial charge in [0.15, 0.2) is 11.5 Å². The van der Waals surface area contributed by atoms with E-state index in [1.54, 1.807) is 0 Å². The summed E-state index contributed by atoms with van der Waals surface area (Å²) in [6.45, 7) is 7.37. The summed E-state index contributed by atoms with van der Waals surface area (Å²) in [5, 5.41) is 3.51. The van der Waals surface area contributed by atoms with Crippen LogP contribution in [-0.2, 0) is 0 Å². The number of hydrogen-bond donors (Lipinski definition) is 1. The highest BCUT2D eigenvalue weighted by Crippen LogP contribution is 2.32. The van der Waals surface area contributed by atoms with Gasteiger partial charge in [-0.15, -0.1) is 0 Å². The topological polar surface area (TPSA) is 37.0 Å². The van der Waals surface area contributed by atoms with Gasteiger partial charge in [0, 0.05) is 18.6 Å². The SMILES string of the molecule is CN1CCCN(C[C@H]2COc3ccccc3O2)CC12CCNCC2. The van der Waals surface area contributed by atoms with Crippen LogP contribution in [0.4, 0.5) is 0 Å². The molecule has 4 rings (SSSR count). The van der Waals surface area contributed by atoms with Gasteiger partial charge < -0.3 is 14.8 Å². The van der Waals surface area contributed by atoms with Crippen molar-refractivity contribution in [3.63, 3.8) is 0 Å². The summed E-state index contributed by atoms with van der Waals surface area (Å²) < 4.78 is 12.1. The van der Waals surface area contributed by atoms with Crippen LogP contribution in [0, 0.1) is 0 Å². The van der Waals surface area contributed by atoms with Crippen molar-refractivity contribution in [1.29, 1.82) is 0 Å². The van der Waals surface area contributed by atoms with E-state index >= 15 is 0 Å². The number of nitrogens with zero attached hydrogens (tertiary/aromatic N) is 2. The van der Waals surface area contributed by atoms with Crippen LogP contribution in [0.2, 0.25) is 0 Å². The number of ether oxygens (including phenoxy) is 2. The molecule has 3 aliphatic heterocycles. The van der Waals surface area contributed by atoms with Crippen LogP contribution in [0.5, 0.6) is 11.5 Å². The highest BCUT2D eigenvalue weighted by Gasteiger charge is 2.39. The molecule has 1 aromatic carbocycles. The molecule has 2 fully saturated rings. The van der Waals surface area contributed by atoms with Crippen LogP contribution in [0.1, 0.15) is 19.3 Å². The summed E-state index contributed by atoms with van der Waals surface area (Å²) in [4.78, 5) is 5.22. The second-order valence-corrected chi connectivity index (χ2v) is 7.48. The zero-order chi connectivity index (χ0) is 16.4. The molecular weight excluding hydrogens is 302 g/mol. The monoisotopic (exact) mass is 331 g/mol. The van der Waals surface area contributed by atoms with E-state index in [0.717, 1.165) is 44.2 Å². The van der Waals surface area contributed by atoms with E-state index in [2.05, 4.69) is 22.2 Å². The highest BCUT2D eigenvalue weighted by molar-refractivity contribution is 5.40. The van der Waals surface area contributed by atoms with E-state index in [-0.39, 0.29) is 6.10 Å². The zero-order valence-corrected chi connectivity index (χ0v) is 14.7. The Labute approximate surface area is 144 Å². The molecule has 132 valence electrons. The third kappa shape index (κ3) is 3.25. The molecule has 5 nitrogen and oxygen atoms in total. The minimum absolute atomic E-state index is 0.127. The van der Waals surface area contributed by atoms with Crippen molar-refractivity contribution in [2.45, 2.75) is 30.9 Å². The molecule has 0 amide bonds. The Balaban J connectivity index is 1.42. The highest BCUT2D eigenvalue weighted by atomic mass is 16.6. The summed E-state index contributed by atoms with van der Waals surface area (Å²) in [6.07, 6.45) is 3.84. The number of para-hydroxylation sites is 2. The molecular formula is C19H29N3O2. The molecule has 1 N–H and O–H groups in total. The first kappa shape index (κ1) is 16.2. The number of rotatable bonds is 2. The van der Waals surface area contributed by atoms with Gasteiger partial charge in [0.1, 0.15) is 12.7 Å². The van der Waals surface area contributed by atoms with Crippen LogP contribution in [0.25, 0.3) is 0 Å². The Bertz CT molecular complexity index is 559. The molecule has 1 aromatic rings. The molecule has 2 saturated heterocycles. The molecule has 5 heteroatoms. The fourth-order valence-electron chi connectivity index (χ4n) is 4.41. The summed E-state index contributed by atoms with van der Waals surface area (Å²) >= 11 is 0. The van der Waals surface area contributed by atoms with E-state index in [0.29, 0.717) is 12.1 Å². The maximum atomic E-state index is 6.19. The van der Waals surface area contributed by atoms with Gasteiger partial charge in [0.2, 0.25) is 0 Å². The van der Waals surface area contributed by atoms with Crippen molar-refractivity contribution < 1.29 is 9.47 Å². The first-order valence-electron chi connectivity index (χ1n) is 9.28. The van der Waals surface area contributed by atoms with Gasteiger partial charge in [0.25, 0.3) is 0 Å². The molecule has 0 radical (unpaired) electrons. The number of nitrogens with one attached hydrogen (secondary N) is 1. The van der Waals surface area contributed by atoms with Gasteiger partial charge in [-0.05, 0) is 64.6 Å². The minimum atomic E-state index is 0.127. The Morgan fingerprint density at radius 3 is 2.79 bits per heavy atom. The van der Waals surface area contributed by atoms with E-state index in [1.165, 1.54) is 25.8 Å². The maximum absolute atomic E-state index is 6.19. The fourth-order valence-corrected chi connectivity index (χ4v) is 4.41. The average molecular weight is 331 g/mol. The Morgan fingerprint density at radius 2 is 1.96 bits per heavy atom. The largest absolute Gasteiger partial charge is 0.486 e. The van der Waals surface area contributed by atoms with Crippen molar-refractivity contribution in [3.05, 3.63) is 24.3 Å². The van der Waals surface area contributed by atoms with Crippen LogP contribution < -0.4 is 14.8 Å². The third-order valence-electron chi connectivity index (χ3n) is 5.86. The van der Waals surface area contributed by atoms with Crippen molar-refractivity contribution in [3.8, 4) is 11.5 Å². The van der Waals surface area contributed by atoms with Crippen LogP contribution in [-0.4, -0.2) is 74.4 Å². The lowest BCUT2D eigenvalue weighted by molar-refractivity contribution is 0.0303. The molecule has 0 unspecified atom stereocenters. The Hall–Kier alpha value is -1.30. The minimum Gasteiger partial charge on any atom is -0.486 e. The van der Waals surface area contributed by atoms with Gasteiger partial charge in [0.05, 0.1) is 0 Å². The van der Waals surface area contributed by atoms with Crippen LogP contribution in [0.15, 0.2) is 24.3 Å². The molecule has 24 heavy (non-hydrogen) atoms. The van der Waals surface area contributed by atoms with Gasteiger partial charge >= 0.3 is 0 Å². The lowest BCUT2D eigenvalue weighted by atomic mass is 9.86. The first-order valence-corrected chi connectivity index (χ1v) is 9.28. The number of fused-ring (bicyclic) bond motifs is 1. The molecule has 1 spiro atoms. The normalized spacial score (nSPS) is 27.8. The fraction of sp³-hybridized carbons (Fsp3) is 0.684. The molecule has 1 atom stereocenters. The standard InChI is InChI=1S/C19H29N3O2/c1-21-11-4-12-22(15-19(21)7-9-20-10-8-19)13-16-14-23-17-5-2-3-6-18(17)24-16/h2-3,5-6,16,20H,4,7-15H2,1H3/t16-/m0/s1. The van der Waals surface area contributed by atoms with E-state index in [9.17, 15) is 0 Å². The molecule has 0 aromatic heterocycles. The Kier molecular flexibility index (Phi) is 4.66. The zero-order valence-electron chi connectivity index (χ0n) is 14.7. The molecule has 0 bridgehead atoms. The summed E-state index contributed by atoms with van der Waals surface area (Å²) in [7, 11) is 2.31. The molecule has 3 heterocycles. The quantitative estimate of drug-likeness (QED) is 0.891. The van der Waals surface area contributed by atoms with E-state index < -0.39 is 0 Å². The predicted molar refractivity (Wildman–Crippen MR) is 94.9 cm³/mol. The van der Waals surface area contributed by atoms with Crippen molar-refractivity contribution in [1.82, 2.24) is 15.1 Å². The summed E-state index contributed by atoms with van der Waals surface area (Å²) in [6, 6.07) is 7.99. The summed E-state index contributed by atoms with van der Waals surface area (Å²) in [5.41, 5.74) is 0.329. The van der Waals surface area contributed by atoms with Gasteiger partial charge in [-0.2, -0.15) is 0 Å². The number of likely N-dealkylation sites (N-methyl/N-ethyl adjacent to an activating group) is 1. The Morgan fingerprint density at radius 1 is 1.17 bits per heavy atom. The molecule has 0 saturated carbocycles. The second kappa shape index (κ2) is 6.90. The summed E-state index contributed by atoms with van der Waals surface area (Å²) in [5.74, 6) is 1.76. The van der Waals surface area contributed by atoms with Crippen LogP contribution >= 0.6 is 0 Å². The molecule has 3 aliphatic rings. The number of benzene rings is 1. The lowest BCUT2D eigenvalue weighted by Crippen LogP contribution is -2.58. The van der Waals surface area contributed by atoms with E-state index in [4.69, 9.17) is 9.47 Å². The van der Waals surface area contributed by atoms with Crippen molar-refractivity contribution in [2.75, 3.05) is 52.9 Å². The first-order chi connectivity index (χ1) is 11.8. The van der Waals surface area contributed by atoms with E-state index in [1.807, 2.05) is 24.3 Å². The second-order valence-electron chi connectivity index (χ2n) is 7.48. The smallest absolute Gasteiger partial charge is 0.161 e. The third-order valence-corrected chi connectivity index (χ3v) is 5.86.